The molecule has 0 amide bonds. The highest BCUT2D eigenvalue weighted by Gasteiger charge is 2.44. The lowest BCUT2D eigenvalue weighted by Crippen LogP contribution is -2.34. The summed E-state index contributed by atoms with van der Waals surface area (Å²) in [5.41, 5.74) is 0. The van der Waals surface area contributed by atoms with Crippen LogP contribution in [0.25, 0.3) is 0 Å². The summed E-state index contributed by atoms with van der Waals surface area (Å²) in [5.74, 6) is 4.09. The predicted octanol–water partition coefficient (Wildman–Crippen LogP) is 3.61. The maximum absolute atomic E-state index is 10.6. The van der Waals surface area contributed by atoms with Gasteiger partial charge in [0.15, 0.2) is 0 Å². The second kappa shape index (κ2) is 4.33. The molecule has 3 rings (SSSR count). The number of fused-ring (bicyclic) bond motifs is 2. The molecule has 3 aliphatic carbocycles. The van der Waals surface area contributed by atoms with Crippen molar-refractivity contribution in [1.29, 1.82) is 0 Å². The molecule has 3 aliphatic rings. The van der Waals surface area contributed by atoms with E-state index < -0.39 is 0 Å². The van der Waals surface area contributed by atoms with E-state index in [-0.39, 0.29) is 6.10 Å². The topological polar surface area (TPSA) is 20.2 Å². The van der Waals surface area contributed by atoms with Gasteiger partial charge in [-0.2, -0.15) is 0 Å². The van der Waals surface area contributed by atoms with E-state index in [1.54, 1.807) is 0 Å². The lowest BCUT2D eigenvalue weighted by Gasteiger charge is -2.36. The standard InChI is InChI=1S/C15H26O/c1-10-2-5-12(6-3-10)15(16)14-9-11-4-7-13(14)8-11/h10-16H,2-9H2,1H3. The van der Waals surface area contributed by atoms with Crippen molar-refractivity contribution in [3.8, 4) is 0 Å². The van der Waals surface area contributed by atoms with Crippen LogP contribution < -0.4 is 0 Å². The summed E-state index contributed by atoms with van der Waals surface area (Å²) in [6, 6.07) is 0. The molecule has 1 heteroatoms. The molecule has 0 aromatic carbocycles. The van der Waals surface area contributed by atoms with Crippen molar-refractivity contribution in [2.75, 3.05) is 0 Å². The average Bonchev–Trinajstić information content (AvgIpc) is 2.91. The summed E-state index contributed by atoms with van der Waals surface area (Å²) in [6.45, 7) is 2.36. The van der Waals surface area contributed by atoms with E-state index in [9.17, 15) is 5.11 Å². The van der Waals surface area contributed by atoms with Gasteiger partial charge in [-0.15, -0.1) is 0 Å². The Balaban J connectivity index is 1.58. The Labute approximate surface area is 99.6 Å². The van der Waals surface area contributed by atoms with Gasteiger partial charge in [0.2, 0.25) is 0 Å². The summed E-state index contributed by atoms with van der Waals surface area (Å²) < 4.78 is 0. The second-order valence-corrected chi connectivity index (χ2v) is 6.85. The third kappa shape index (κ3) is 1.92. The van der Waals surface area contributed by atoms with Crippen molar-refractivity contribution < 1.29 is 5.11 Å². The van der Waals surface area contributed by atoms with Crippen molar-refractivity contribution in [1.82, 2.24) is 0 Å². The fourth-order valence-electron chi connectivity index (χ4n) is 4.69. The Hall–Kier alpha value is -0.0400. The summed E-state index contributed by atoms with van der Waals surface area (Å²) in [4.78, 5) is 0. The summed E-state index contributed by atoms with van der Waals surface area (Å²) in [5, 5.41) is 10.6. The van der Waals surface area contributed by atoms with Crippen molar-refractivity contribution in [3.63, 3.8) is 0 Å². The molecule has 0 heterocycles. The van der Waals surface area contributed by atoms with Crippen molar-refractivity contribution >= 4 is 0 Å². The van der Waals surface area contributed by atoms with Crippen LogP contribution in [0.5, 0.6) is 0 Å². The van der Waals surface area contributed by atoms with Gasteiger partial charge in [0.1, 0.15) is 0 Å². The summed E-state index contributed by atoms with van der Waals surface area (Å²) in [6.07, 6.45) is 11.0. The van der Waals surface area contributed by atoms with Gasteiger partial charge in [-0.05, 0) is 61.7 Å². The first-order chi connectivity index (χ1) is 7.74. The molecule has 0 spiro atoms. The molecule has 0 aromatic heterocycles. The Kier molecular flexibility index (Phi) is 2.99. The van der Waals surface area contributed by atoms with Gasteiger partial charge in [-0.25, -0.2) is 0 Å². The fraction of sp³-hybridized carbons (Fsp3) is 1.00. The van der Waals surface area contributed by atoms with E-state index in [1.165, 1.54) is 51.4 Å². The van der Waals surface area contributed by atoms with Crippen LogP contribution in [0.15, 0.2) is 0 Å². The highest BCUT2D eigenvalue weighted by atomic mass is 16.3. The lowest BCUT2D eigenvalue weighted by molar-refractivity contribution is 0.00622. The Morgan fingerprint density at radius 1 is 0.938 bits per heavy atom. The molecular formula is C15H26O. The van der Waals surface area contributed by atoms with Crippen LogP contribution >= 0.6 is 0 Å². The van der Waals surface area contributed by atoms with E-state index in [4.69, 9.17) is 0 Å². The molecule has 92 valence electrons. The zero-order valence-corrected chi connectivity index (χ0v) is 10.6. The monoisotopic (exact) mass is 222 g/mol. The molecular weight excluding hydrogens is 196 g/mol. The first kappa shape index (κ1) is 11.1. The molecule has 3 saturated carbocycles. The van der Waals surface area contributed by atoms with Crippen LogP contribution in [-0.4, -0.2) is 11.2 Å². The molecule has 16 heavy (non-hydrogen) atoms. The van der Waals surface area contributed by atoms with E-state index in [0.29, 0.717) is 11.8 Å². The number of hydrogen-bond donors (Lipinski definition) is 1. The molecule has 1 N–H and O–H groups in total. The zero-order chi connectivity index (χ0) is 11.1. The molecule has 0 saturated heterocycles. The molecule has 4 unspecified atom stereocenters. The molecule has 3 fully saturated rings. The first-order valence-corrected chi connectivity index (χ1v) is 7.42. The molecule has 1 nitrogen and oxygen atoms in total. The highest BCUT2D eigenvalue weighted by Crippen LogP contribution is 2.51. The van der Waals surface area contributed by atoms with E-state index in [0.717, 1.165) is 17.8 Å². The van der Waals surface area contributed by atoms with Crippen LogP contribution in [0.1, 0.15) is 58.3 Å². The van der Waals surface area contributed by atoms with Crippen LogP contribution in [0.4, 0.5) is 0 Å². The molecule has 2 bridgehead atoms. The second-order valence-electron chi connectivity index (χ2n) is 6.85. The van der Waals surface area contributed by atoms with Crippen LogP contribution in [0.3, 0.4) is 0 Å². The Bertz CT molecular complexity index is 242. The lowest BCUT2D eigenvalue weighted by atomic mass is 9.73. The Morgan fingerprint density at radius 3 is 2.25 bits per heavy atom. The van der Waals surface area contributed by atoms with E-state index in [1.807, 2.05) is 0 Å². The number of aliphatic hydroxyl groups excluding tert-OH is 1. The average molecular weight is 222 g/mol. The maximum Gasteiger partial charge on any atom is 0.0599 e. The predicted molar refractivity (Wildman–Crippen MR) is 66.1 cm³/mol. The smallest absolute Gasteiger partial charge is 0.0599 e. The van der Waals surface area contributed by atoms with Crippen LogP contribution in [0, 0.1) is 29.6 Å². The van der Waals surface area contributed by atoms with Gasteiger partial charge in [0, 0.05) is 0 Å². The zero-order valence-electron chi connectivity index (χ0n) is 10.6. The van der Waals surface area contributed by atoms with Gasteiger partial charge < -0.3 is 5.11 Å². The van der Waals surface area contributed by atoms with Gasteiger partial charge in [-0.1, -0.05) is 26.2 Å². The molecule has 4 atom stereocenters. The molecule has 0 aromatic rings. The molecule has 0 aliphatic heterocycles. The quantitative estimate of drug-likeness (QED) is 0.756. The minimum absolute atomic E-state index is 0.0443. The van der Waals surface area contributed by atoms with Gasteiger partial charge in [-0.3, -0.25) is 0 Å². The number of rotatable bonds is 2. The van der Waals surface area contributed by atoms with Gasteiger partial charge in [0.25, 0.3) is 0 Å². The highest BCUT2D eigenvalue weighted by molar-refractivity contribution is 4.95. The largest absolute Gasteiger partial charge is 0.393 e. The summed E-state index contributed by atoms with van der Waals surface area (Å²) >= 11 is 0. The number of aliphatic hydroxyl groups is 1. The maximum atomic E-state index is 10.6. The first-order valence-electron chi connectivity index (χ1n) is 7.42. The fourth-order valence-corrected chi connectivity index (χ4v) is 4.69. The van der Waals surface area contributed by atoms with E-state index >= 15 is 0 Å². The van der Waals surface area contributed by atoms with Crippen molar-refractivity contribution in [2.45, 2.75) is 64.4 Å². The van der Waals surface area contributed by atoms with E-state index in [2.05, 4.69) is 6.92 Å². The van der Waals surface area contributed by atoms with Crippen molar-refractivity contribution in [2.24, 2.45) is 29.6 Å². The van der Waals surface area contributed by atoms with Crippen LogP contribution in [-0.2, 0) is 0 Å². The van der Waals surface area contributed by atoms with Gasteiger partial charge in [0.05, 0.1) is 6.10 Å². The van der Waals surface area contributed by atoms with Crippen molar-refractivity contribution in [3.05, 3.63) is 0 Å². The normalized spacial score (nSPS) is 49.5. The third-order valence-corrected chi connectivity index (χ3v) is 5.77. The molecule has 0 radical (unpaired) electrons. The summed E-state index contributed by atoms with van der Waals surface area (Å²) in [7, 11) is 0. The van der Waals surface area contributed by atoms with Crippen LogP contribution in [0.2, 0.25) is 0 Å². The minimum atomic E-state index is 0.0443. The third-order valence-electron chi connectivity index (χ3n) is 5.77. The minimum Gasteiger partial charge on any atom is -0.393 e. The SMILES string of the molecule is CC1CCC(C(O)C2CC3CCC2C3)CC1. The van der Waals surface area contributed by atoms with Gasteiger partial charge >= 0.3 is 0 Å². The Morgan fingerprint density at radius 2 is 1.69 bits per heavy atom. The number of hydrogen-bond acceptors (Lipinski definition) is 1.